The van der Waals surface area contributed by atoms with Gasteiger partial charge in [-0.3, -0.25) is 14.9 Å². The number of benzene rings is 2. The first-order valence-electron chi connectivity index (χ1n) is 8.49. The zero-order chi connectivity index (χ0) is 19.8. The topological polar surface area (TPSA) is 61.4 Å². The molecular formula is C21H23N3O2S. The van der Waals surface area contributed by atoms with Crippen molar-refractivity contribution in [2.45, 2.75) is 13.3 Å². The summed E-state index contributed by atoms with van der Waals surface area (Å²) in [6.07, 6.45) is 3.51. The zero-order valence-electron chi connectivity index (χ0n) is 15.7. The van der Waals surface area contributed by atoms with E-state index in [1.54, 1.807) is 25.1 Å². The molecule has 0 saturated carbocycles. The lowest BCUT2D eigenvalue weighted by Gasteiger charge is -2.11. The van der Waals surface area contributed by atoms with E-state index in [0.717, 1.165) is 16.8 Å². The van der Waals surface area contributed by atoms with Gasteiger partial charge in [0.1, 0.15) is 0 Å². The second-order valence-corrected chi connectivity index (χ2v) is 6.76. The van der Waals surface area contributed by atoms with Crippen molar-refractivity contribution in [2.75, 3.05) is 19.4 Å². The van der Waals surface area contributed by atoms with Crippen molar-refractivity contribution in [3.63, 3.8) is 0 Å². The van der Waals surface area contributed by atoms with Gasteiger partial charge in [0.15, 0.2) is 5.11 Å². The first-order chi connectivity index (χ1) is 12.8. The average Bonchev–Trinajstić information content (AvgIpc) is 2.62. The number of nitrogens with one attached hydrogen (secondary N) is 2. The van der Waals surface area contributed by atoms with Gasteiger partial charge in [0, 0.05) is 25.9 Å². The van der Waals surface area contributed by atoms with Crippen LogP contribution in [0, 0.1) is 6.92 Å². The predicted octanol–water partition coefficient (Wildman–Crippen LogP) is 3.15. The van der Waals surface area contributed by atoms with Gasteiger partial charge < -0.3 is 10.2 Å². The zero-order valence-corrected chi connectivity index (χ0v) is 16.5. The molecule has 0 radical (unpaired) electrons. The van der Waals surface area contributed by atoms with Crippen molar-refractivity contribution in [1.82, 2.24) is 10.2 Å². The second-order valence-electron chi connectivity index (χ2n) is 6.35. The van der Waals surface area contributed by atoms with Gasteiger partial charge >= 0.3 is 0 Å². The van der Waals surface area contributed by atoms with E-state index in [9.17, 15) is 9.59 Å². The van der Waals surface area contributed by atoms with Crippen LogP contribution in [0.5, 0.6) is 0 Å². The molecule has 0 aromatic heterocycles. The fourth-order valence-electron chi connectivity index (χ4n) is 2.20. The monoisotopic (exact) mass is 381 g/mol. The Labute approximate surface area is 165 Å². The maximum atomic E-state index is 12.0. The predicted molar refractivity (Wildman–Crippen MR) is 113 cm³/mol. The second kappa shape index (κ2) is 9.64. The molecule has 0 aliphatic carbocycles. The number of anilines is 1. The Balaban J connectivity index is 1.84. The number of hydrogen-bond acceptors (Lipinski definition) is 3. The molecule has 0 unspecified atom stereocenters. The molecule has 6 heteroatoms. The molecule has 140 valence electrons. The molecule has 2 aromatic carbocycles. The molecule has 0 aliphatic rings. The molecule has 0 spiro atoms. The van der Waals surface area contributed by atoms with Crippen LogP contribution in [0.4, 0.5) is 5.69 Å². The molecule has 27 heavy (non-hydrogen) atoms. The Kier molecular flexibility index (Phi) is 7.25. The van der Waals surface area contributed by atoms with E-state index in [1.807, 2.05) is 55.5 Å². The molecule has 0 fully saturated rings. The summed E-state index contributed by atoms with van der Waals surface area (Å²) in [7, 11) is 3.46. The summed E-state index contributed by atoms with van der Waals surface area (Å²) in [6.45, 7) is 2.01. The third-order valence-corrected chi connectivity index (χ3v) is 4.01. The van der Waals surface area contributed by atoms with Crippen molar-refractivity contribution in [3.8, 4) is 0 Å². The summed E-state index contributed by atoms with van der Waals surface area (Å²) in [5.74, 6) is -0.264. The van der Waals surface area contributed by atoms with E-state index in [2.05, 4.69) is 10.6 Å². The molecule has 2 N–H and O–H groups in total. The SMILES string of the molecule is Cc1ccc(/C=C/C(=O)NC(=S)Nc2ccc(CC(=O)N(C)C)cc2)cc1. The van der Waals surface area contributed by atoms with Crippen molar-refractivity contribution in [1.29, 1.82) is 0 Å². The van der Waals surface area contributed by atoms with Crippen LogP contribution >= 0.6 is 12.2 Å². The minimum absolute atomic E-state index is 0.0406. The Bertz CT molecular complexity index is 841. The van der Waals surface area contributed by atoms with E-state index in [1.165, 1.54) is 11.6 Å². The average molecular weight is 382 g/mol. The standard InChI is InChI=1S/C21H23N3O2S/c1-15-4-6-16(7-5-15)10-13-19(25)23-21(27)22-18-11-8-17(9-12-18)14-20(26)24(2)3/h4-13H,14H2,1-3H3,(H2,22,23,25,27)/b13-10+. The van der Waals surface area contributed by atoms with Gasteiger partial charge in [0.2, 0.25) is 11.8 Å². The molecule has 0 saturated heterocycles. The lowest BCUT2D eigenvalue weighted by Crippen LogP contribution is -2.32. The highest BCUT2D eigenvalue weighted by Crippen LogP contribution is 2.11. The first kappa shape index (κ1) is 20.3. The largest absolute Gasteiger partial charge is 0.349 e. The Hall–Kier alpha value is -2.99. The van der Waals surface area contributed by atoms with Crippen LogP contribution in [0.25, 0.3) is 6.08 Å². The number of nitrogens with zero attached hydrogens (tertiary/aromatic N) is 1. The van der Waals surface area contributed by atoms with E-state index in [4.69, 9.17) is 12.2 Å². The smallest absolute Gasteiger partial charge is 0.250 e. The van der Waals surface area contributed by atoms with Crippen LogP contribution in [0.3, 0.4) is 0 Å². The first-order valence-corrected chi connectivity index (χ1v) is 8.90. The molecule has 0 aliphatic heterocycles. The molecule has 0 heterocycles. The van der Waals surface area contributed by atoms with Crippen molar-refractivity contribution in [3.05, 3.63) is 71.3 Å². The van der Waals surface area contributed by atoms with Crippen LogP contribution in [0.2, 0.25) is 0 Å². The van der Waals surface area contributed by atoms with Crippen molar-refractivity contribution >= 4 is 40.9 Å². The summed E-state index contributed by atoms with van der Waals surface area (Å²) in [4.78, 5) is 25.2. The number of thiocarbonyl (C=S) groups is 1. The molecule has 5 nitrogen and oxygen atoms in total. The van der Waals surface area contributed by atoms with Crippen LogP contribution in [-0.2, 0) is 16.0 Å². The van der Waals surface area contributed by atoms with E-state index >= 15 is 0 Å². The van der Waals surface area contributed by atoms with Crippen LogP contribution in [-0.4, -0.2) is 35.9 Å². The maximum Gasteiger partial charge on any atom is 0.250 e. The quantitative estimate of drug-likeness (QED) is 0.617. The van der Waals surface area contributed by atoms with Crippen molar-refractivity contribution in [2.24, 2.45) is 0 Å². The highest BCUT2D eigenvalue weighted by atomic mass is 32.1. The third kappa shape index (κ3) is 7.03. The molecule has 2 aromatic rings. The lowest BCUT2D eigenvalue weighted by molar-refractivity contribution is -0.128. The van der Waals surface area contributed by atoms with Gasteiger partial charge in [0.05, 0.1) is 6.42 Å². The van der Waals surface area contributed by atoms with Crippen molar-refractivity contribution < 1.29 is 9.59 Å². The van der Waals surface area contributed by atoms with Gasteiger partial charge in [-0.2, -0.15) is 0 Å². The van der Waals surface area contributed by atoms with Gasteiger partial charge in [-0.25, -0.2) is 0 Å². The number of carbonyl (C=O) groups excluding carboxylic acids is 2. The minimum Gasteiger partial charge on any atom is -0.349 e. The summed E-state index contributed by atoms with van der Waals surface area (Å²) in [5, 5.41) is 5.77. The number of likely N-dealkylation sites (N-methyl/N-ethyl adjacent to an activating group) is 1. The Morgan fingerprint density at radius 3 is 2.26 bits per heavy atom. The number of amides is 2. The number of rotatable bonds is 5. The maximum absolute atomic E-state index is 12.0. The highest BCUT2D eigenvalue weighted by Gasteiger charge is 2.06. The highest BCUT2D eigenvalue weighted by molar-refractivity contribution is 7.80. The molecule has 2 amide bonds. The van der Waals surface area contributed by atoms with E-state index in [-0.39, 0.29) is 16.9 Å². The molecule has 0 bridgehead atoms. The Morgan fingerprint density at radius 1 is 1.04 bits per heavy atom. The third-order valence-electron chi connectivity index (χ3n) is 3.81. The number of hydrogen-bond donors (Lipinski definition) is 2. The summed E-state index contributed by atoms with van der Waals surface area (Å²) < 4.78 is 0. The van der Waals surface area contributed by atoms with Crippen LogP contribution in [0.15, 0.2) is 54.6 Å². The summed E-state index contributed by atoms with van der Waals surface area (Å²) >= 11 is 5.16. The van der Waals surface area contributed by atoms with Crippen LogP contribution in [0.1, 0.15) is 16.7 Å². The van der Waals surface area contributed by atoms with Gasteiger partial charge in [-0.15, -0.1) is 0 Å². The lowest BCUT2D eigenvalue weighted by atomic mass is 10.1. The molecule has 2 rings (SSSR count). The normalized spacial score (nSPS) is 10.5. The fraction of sp³-hybridized carbons (Fsp3) is 0.190. The minimum atomic E-state index is -0.304. The van der Waals surface area contributed by atoms with Gasteiger partial charge in [-0.05, 0) is 48.5 Å². The molecule has 0 atom stereocenters. The van der Waals surface area contributed by atoms with Crippen LogP contribution < -0.4 is 10.6 Å². The van der Waals surface area contributed by atoms with E-state index in [0.29, 0.717) is 6.42 Å². The number of carbonyl (C=O) groups is 2. The number of aryl methyl sites for hydroxylation is 1. The van der Waals surface area contributed by atoms with E-state index < -0.39 is 0 Å². The van der Waals surface area contributed by atoms with Gasteiger partial charge in [0.25, 0.3) is 0 Å². The summed E-state index contributed by atoms with van der Waals surface area (Å²) in [6, 6.07) is 15.2. The molecular weight excluding hydrogens is 358 g/mol. The summed E-state index contributed by atoms with van der Waals surface area (Å²) in [5.41, 5.74) is 3.76. The Morgan fingerprint density at radius 2 is 1.67 bits per heavy atom. The van der Waals surface area contributed by atoms with Gasteiger partial charge in [-0.1, -0.05) is 42.0 Å². The fourth-order valence-corrected chi connectivity index (χ4v) is 2.42.